The molecule has 0 aromatic carbocycles. The molecule has 0 aromatic heterocycles. The van der Waals surface area contributed by atoms with Crippen LogP contribution >= 0.6 is 31.9 Å². The molecule has 0 amide bonds. The molecule has 0 N–H and O–H groups in total. The topological polar surface area (TPSA) is 18.5 Å². The maximum Gasteiger partial charge on any atom is -1.00 e. The van der Waals surface area contributed by atoms with E-state index in [4.69, 9.17) is 9.47 Å². The molecule has 2 aliphatic heterocycles. The van der Waals surface area contributed by atoms with Crippen molar-refractivity contribution in [1.82, 2.24) is 0 Å². The molecule has 0 unspecified atom stereocenters. The number of halogens is 4. The van der Waals surface area contributed by atoms with Gasteiger partial charge in [-0.2, -0.15) is 23.3 Å². The van der Waals surface area contributed by atoms with Crippen LogP contribution in [0.5, 0.6) is 0 Å². The molecule has 0 fully saturated rings. The minimum absolute atomic E-state index is 0. The van der Waals surface area contributed by atoms with Crippen LogP contribution in [0.3, 0.4) is 0 Å². The van der Waals surface area contributed by atoms with E-state index in [1.807, 2.05) is 13.8 Å². The summed E-state index contributed by atoms with van der Waals surface area (Å²) < 4.78 is 12.8. The van der Waals surface area contributed by atoms with E-state index in [1.165, 1.54) is 0 Å². The van der Waals surface area contributed by atoms with Crippen molar-refractivity contribution in [1.29, 1.82) is 0 Å². The summed E-state index contributed by atoms with van der Waals surface area (Å²) in [5.74, 6) is 1.79. The maximum atomic E-state index is 5.29. The fourth-order valence-electron chi connectivity index (χ4n) is 2.19. The van der Waals surface area contributed by atoms with Gasteiger partial charge in [-0.05, 0) is 8.96 Å². The monoisotopic (exact) mass is 612 g/mol. The predicted octanol–water partition coefficient (Wildman–Crippen LogP) is -0.583. The molecule has 4 aliphatic rings. The van der Waals surface area contributed by atoms with Crippen molar-refractivity contribution in [2.24, 2.45) is 0 Å². The number of ether oxygens (including phenoxy) is 2. The summed E-state index contributed by atoms with van der Waals surface area (Å²) >= 11 is 8.58. The minimum Gasteiger partial charge on any atom is -1.00 e. The van der Waals surface area contributed by atoms with Gasteiger partial charge in [-0.1, -0.05) is 45.7 Å². The van der Waals surface area contributed by atoms with Crippen LogP contribution in [-0.2, 0) is 32.8 Å². The van der Waals surface area contributed by atoms with Crippen molar-refractivity contribution < 1.29 is 57.6 Å². The van der Waals surface area contributed by atoms with Gasteiger partial charge < -0.3 is 34.3 Å². The average Bonchev–Trinajstić information content (AvgIpc) is 3.18. The van der Waals surface area contributed by atoms with Gasteiger partial charge in [0.2, 0.25) is 0 Å². The van der Waals surface area contributed by atoms with Gasteiger partial charge in [0.25, 0.3) is 0 Å². The molecule has 8 heteroatoms. The molecule has 140 valence electrons. The Morgan fingerprint density at radius 2 is 1.19 bits per heavy atom. The fourth-order valence-corrected chi connectivity index (χ4v) is 3.00. The number of hydrogen-bond donors (Lipinski definition) is 0. The first kappa shape index (κ1) is 26.7. The summed E-state index contributed by atoms with van der Waals surface area (Å²) in [5.41, 5.74) is 4.82. The second-order valence-electron chi connectivity index (χ2n) is 5.78. The Morgan fingerprint density at radius 3 is 1.46 bits per heavy atom. The van der Waals surface area contributed by atoms with Gasteiger partial charge >= 0.3 is 41.9 Å². The number of rotatable bonds is 0. The van der Waals surface area contributed by atoms with E-state index in [0.717, 1.165) is 42.8 Å². The van der Waals surface area contributed by atoms with Crippen LogP contribution in [0.2, 0.25) is 13.1 Å². The van der Waals surface area contributed by atoms with Gasteiger partial charge in [0.1, 0.15) is 13.2 Å². The van der Waals surface area contributed by atoms with E-state index < -0.39 is 0 Å². The third-order valence-electron chi connectivity index (χ3n) is 3.10. The standard InChI is InChI=1S/2C8H6BrO.C2H6Si.2ClH.Zr/c2*1-5-2-6-7(9)4-10-8(6)3-5;1-3-2;;;/h2*2H,4H2,1H3;1-2H3;2*1H;/q2*-1;;;;+2/p-2. The number of allylic oxidation sites excluding steroid dienone is 6. The van der Waals surface area contributed by atoms with Gasteiger partial charge in [-0.25, -0.2) is 0 Å². The Bertz CT molecular complexity index is 703. The summed E-state index contributed by atoms with van der Waals surface area (Å²) in [6, 6.07) is 0. The van der Waals surface area contributed by atoms with E-state index in [0.29, 0.717) is 13.2 Å². The molecule has 0 atom stereocenters. The summed E-state index contributed by atoms with van der Waals surface area (Å²) in [5, 5.41) is 0. The Balaban J connectivity index is 0.000000378. The SMILES string of the molecule is CC1=CC2=C(Br)COC2=[C-]1.CC1=CC2=C(Br)COC2=[C-]1.C[Si](C)=[Zr+2].[Cl-].[Cl-]. The molecule has 0 saturated carbocycles. The van der Waals surface area contributed by atoms with Crippen LogP contribution in [-0.4, -0.2) is 18.6 Å². The zero-order chi connectivity index (χ0) is 17.9. The molecular weight excluding hydrogens is 598 g/mol. The van der Waals surface area contributed by atoms with Crippen LogP contribution in [0.4, 0.5) is 0 Å². The van der Waals surface area contributed by atoms with Gasteiger partial charge in [0, 0.05) is 11.5 Å². The van der Waals surface area contributed by atoms with E-state index >= 15 is 0 Å². The average molecular weight is 616 g/mol. The zero-order valence-electron chi connectivity index (χ0n) is 14.9. The molecule has 2 nitrogen and oxygen atoms in total. The third kappa shape index (κ3) is 7.60. The van der Waals surface area contributed by atoms with Gasteiger partial charge in [0.15, 0.2) is 0 Å². The minimum atomic E-state index is 0. The van der Waals surface area contributed by atoms with Crippen LogP contribution in [0.25, 0.3) is 0 Å². The Kier molecular flexibility index (Phi) is 12.6. The van der Waals surface area contributed by atoms with Crippen LogP contribution in [0, 0.1) is 12.2 Å². The van der Waals surface area contributed by atoms with E-state index in [2.05, 4.69) is 69.3 Å². The Labute approximate surface area is 200 Å². The first-order valence-corrected chi connectivity index (χ1v) is 15.2. The van der Waals surface area contributed by atoms with Gasteiger partial charge in [-0.15, -0.1) is 23.3 Å². The Hall–Kier alpha value is 0.680. The van der Waals surface area contributed by atoms with Crippen molar-refractivity contribution >= 4 is 37.3 Å². The molecule has 2 heterocycles. The van der Waals surface area contributed by atoms with E-state index in [-0.39, 0.29) is 30.2 Å². The van der Waals surface area contributed by atoms with Crippen molar-refractivity contribution in [2.45, 2.75) is 26.9 Å². The smallest absolute Gasteiger partial charge is 1.00 e. The van der Waals surface area contributed by atoms with Gasteiger partial charge in [0.05, 0.1) is 0 Å². The molecule has 26 heavy (non-hydrogen) atoms. The molecule has 0 radical (unpaired) electrons. The maximum absolute atomic E-state index is 5.29. The third-order valence-corrected chi connectivity index (χ3v) is 4.42. The molecular formula is C18H18Br2Cl2O2SiZr-2. The Morgan fingerprint density at radius 1 is 0.885 bits per heavy atom. The van der Waals surface area contributed by atoms with Crippen LogP contribution in [0.15, 0.2) is 54.9 Å². The van der Waals surface area contributed by atoms with Crippen molar-refractivity contribution in [2.75, 3.05) is 13.2 Å². The molecule has 0 bridgehead atoms. The van der Waals surface area contributed by atoms with E-state index in [1.54, 1.807) is 23.3 Å². The van der Waals surface area contributed by atoms with Crippen molar-refractivity contribution in [3.8, 4) is 0 Å². The molecule has 4 rings (SSSR count). The van der Waals surface area contributed by atoms with E-state index in [9.17, 15) is 0 Å². The molecule has 0 spiro atoms. The number of fused-ring (bicyclic) bond motifs is 2. The van der Waals surface area contributed by atoms with Crippen molar-refractivity contribution in [3.05, 3.63) is 67.1 Å². The first-order chi connectivity index (χ1) is 11.3. The summed E-state index contributed by atoms with van der Waals surface area (Å²) in [6.45, 7) is 9.98. The quantitative estimate of drug-likeness (QED) is 0.268. The zero-order valence-corrected chi connectivity index (χ0v) is 23.0. The predicted molar refractivity (Wildman–Crippen MR) is 102 cm³/mol. The molecule has 2 aliphatic carbocycles. The normalized spacial score (nSPS) is 18.2. The summed E-state index contributed by atoms with van der Waals surface area (Å²) in [4.78, 5) is 0. The van der Waals surface area contributed by atoms with Crippen LogP contribution < -0.4 is 24.8 Å². The molecule has 0 saturated heterocycles. The fraction of sp³-hybridized carbons (Fsp3) is 0.333. The van der Waals surface area contributed by atoms with Crippen LogP contribution in [0.1, 0.15) is 13.8 Å². The summed E-state index contributed by atoms with van der Waals surface area (Å²) in [7, 11) is 0. The second-order valence-corrected chi connectivity index (χ2v) is 17.1. The second kappa shape index (κ2) is 12.3. The van der Waals surface area contributed by atoms with Crippen molar-refractivity contribution in [3.63, 3.8) is 0 Å². The number of hydrogen-bond acceptors (Lipinski definition) is 2. The largest absolute Gasteiger partial charge is 1.00 e. The molecule has 0 aromatic rings. The van der Waals surface area contributed by atoms with Gasteiger partial charge in [-0.3, -0.25) is 0 Å². The first-order valence-electron chi connectivity index (χ1n) is 7.48. The summed E-state index contributed by atoms with van der Waals surface area (Å²) in [6.07, 6.45) is 10.4.